The van der Waals surface area contributed by atoms with E-state index in [0.29, 0.717) is 18.3 Å². The molecule has 0 aromatic heterocycles. The van der Waals surface area contributed by atoms with Gasteiger partial charge in [0.1, 0.15) is 61.0 Å². The number of carbonyl (C=O) groups is 1. The maximum Gasteiger partial charge on any atom is 0.337 e. The summed E-state index contributed by atoms with van der Waals surface area (Å²) in [5.41, 5.74) is 1.07. The predicted octanol–water partition coefficient (Wildman–Crippen LogP) is 1.82. The Kier molecular flexibility index (Phi) is 13.9. The quantitative estimate of drug-likeness (QED) is 0.0907. The van der Waals surface area contributed by atoms with Crippen LogP contribution in [0.2, 0.25) is 0 Å². The molecule has 378 valence electrons. The summed E-state index contributed by atoms with van der Waals surface area (Å²) in [5, 5.41) is 97.6. The first-order chi connectivity index (χ1) is 30.8. The first-order valence-electron chi connectivity index (χ1n) is 24.5. The molecule has 0 aromatic carbocycles. The van der Waals surface area contributed by atoms with Crippen molar-refractivity contribution >= 4 is 5.97 Å². The fourth-order valence-corrected chi connectivity index (χ4v) is 15.2. The number of allylic oxidation sites excluding steroid dienone is 2. The summed E-state index contributed by atoms with van der Waals surface area (Å²) in [6.07, 6.45) is -13.3. The molecule has 0 spiro atoms. The predicted molar refractivity (Wildman–Crippen MR) is 234 cm³/mol. The molecule has 3 saturated heterocycles. The highest BCUT2D eigenvalue weighted by molar-refractivity contribution is 5.75. The number of hydrogen-bond donors (Lipinski definition) is 9. The highest BCUT2D eigenvalue weighted by Crippen LogP contribution is 2.76. The summed E-state index contributed by atoms with van der Waals surface area (Å²) < 4.78 is 42.4. The Morgan fingerprint density at radius 3 is 1.97 bits per heavy atom. The molecule has 0 bridgehead atoms. The Morgan fingerprint density at radius 1 is 0.682 bits per heavy atom. The molecule has 17 heteroatoms. The average Bonchev–Trinajstić information content (AvgIpc) is 3.27. The van der Waals surface area contributed by atoms with Crippen LogP contribution in [0.25, 0.3) is 0 Å². The maximum absolute atomic E-state index is 13.4. The van der Waals surface area contributed by atoms with Crippen molar-refractivity contribution in [1.82, 2.24) is 0 Å². The molecule has 66 heavy (non-hydrogen) atoms. The minimum absolute atomic E-state index is 0.00738. The number of hydrogen-bond acceptors (Lipinski definition) is 17. The van der Waals surface area contributed by atoms with Gasteiger partial charge in [0, 0.05) is 12.0 Å². The summed E-state index contributed by atoms with van der Waals surface area (Å²) in [4.78, 5) is 13.4. The van der Waals surface area contributed by atoms with Gasteiger partial charge < -0.3 is 79.1 Å². The van der Waals surface area contributed by atoms with Gasteiger partial charge in [-0.25, -0.2) is 4.79 Å². The number of methoxy groups -OCH3 is 1. The number of ether oxygens (including phenoxy) is 7. The van der Waals surface area contributed by atoms with E-state index in [1.165, 1.54) is 6.92 Å². The van der Waals surface area contributed by atoms with Gasteiger partial charge in [-0.2, -0.15) is 0 Å². The lowest BCUT2D eigenvalue weighted by Gasteiger charge is -2.71. The number of rotatable bonds is 9. The van der Waals surface area contributed by atoms with E-state index < -0.39 is 116 Å². The topological polar surface area (TPSA) is 264 Å². The van der Waals surface area contributed by atoms with Gasteiger partial charge in [-0.15, -0.1) is 0 Å². The summed E-state index contributed by atoms with van der Waals surface area (Å²) >= 11 is 0. The van der Waals surface area contributed by atoms with Crippen molar-refractivity contribution in [2.75, 3.05) is 20.3 Å². The molecule has 4 saturated carbocycles. The van der Waals surface area contributed by atoms with Gasteiger partial charge in [-0.3, -0.25) is 0 Å². The number of aliphatic hydroxyl groups excluding tert-OH is 9. The average molecular weight is 941 g/mol. The van der Waals surface area contributed by atoms with Gasteiger partial charge >= 0.3 is 5.97 Å². The van der Waals surface area contributed by atoms with Gasteiger partial charge in [0.05, 0.1) is 25.9 Å². The molecule has 0 aromatic rings. The number of fused-ring (bicyclic) bond motifs is 7. The first-order valence-corrected chi connectivity index (χ1v) is 24.5. The largest absolute Gasteiger partial charge is 0.467 e. The third kappa shape index (κ3) is 7.98. The maximum atomic E-state index is 13.4. The zero-order valence-electron chi connectivity index (χ0n) is 40.3. The molecule has 3 heterocycles. The second-order valence-corrected chi connectivity index (χ2v) is 23.7. The highest BCUT2D eigenvalue weighted by atomic mass is 16.8. The number of carbonyl (C=O) groups excluding carboxylic acids is 1. The van der Waals surface area contributed by atoms with E-state index in [-0.39, 0.29) is 39.6 Å². The van der Waals surface area contributed by atoms with E-state index in [9.17, 15) is 50.8 Å². The van der Waals surface area contributed by atoms with Gasteiger partial charge in [0.2, 0.25) is 0 Å². The molecule has 9 N–H and O–H groups in total. The lowest BCUT2D eigenvalue weighted by molar-refractivity contribution is -0.395. The Bertz CT molecular complexity index is 1790. The van der Waals surface area contributed by atoms with Crippen LogP contribution in [0.1, 0.15) is 120 Å². The summed E-state index contributed by atoms with van der Waals surface area (Å²) in [6, 6.07) is 0. The van der Waals surface area contributed by atoms with Crippen molar-refractivity contribution in [3.8, 4) is 0 Å². The van der Waals surface area contributed by atoms with Crippen LogP contribution in [0, 0.1) is 50.2 Å². The SMILES string of the molecule is COC(=O)[C@H]1OC(O[C@H]2CC[C@]3(C)[C@H]4CC=C5[C@@H]6CC(C)(C)CC[C@]6(CO)CC[C@@]5(C)[C@]4(C)CC[C@H]3C2(C)C)[C@H](O[C@@H]2O[C@H](CO)[C@@H](O)[C@H](O)[C@H]2O)[C@@H](O[C@@H]2O[C@@H](C)[C@H](O)[C@@H](O)[C@H]2O)[C@@H]1O. The summed E-state index contributed by atoms with van der Waals surface area (Å²) in [5.74, 6) is -0.104. The van der Waals surface area contributed by atoms with E-state index in [0.717, 1.165) is 64.9 Å². The molecule has 5 aliphatic carbocycles. The van der Waals surface area contributed by atoms with Crippen molar-refractivity contribution in [3.63, 3.8) is 0 Å². The van der Waals surface area contributed by atoms with Crippen molar-refractivity contribution in [1.29, 1.82) is 0 Å². The summed E-state index contributed by atoms with van der Waals surface area (Å²) in [7, 11) is 1.12. The monoisotopic (exact) mass is 941 g/mol. The molecule has 8 aliphatic rings. The Labute approximate surface area is 389 Å². The molecule has 0 radical (unpaired) electrons. The summed E-state index contributed by atoms with van der Waals surface area (Å²) in [6.45, 7) is 17.5. The molecular formula is C49H80O17. The molecular weight excluding hydrogens is 861 g/mol. The fraction of sp³-hybridized carbons (Fsp3) is 0.939. The third-order valence-electron chi connectivity index (χ3n) is 19.6. The number of esters is 1. The molecule has 3 aliphatic heterocycles. The number of aliphatic hydroxyl groups is 9. The van der Waals surface area contributed by atoms with Gasteiger partial charge in [-0.05, 0) is 116 Å². The third-order valence-corrected chi connectivity index (χ3v) is 19.6. The van der Waals surface area contributed by atoms with E-state index in [2.05, 4.69) is 54.5 Å². The van der Waals surface area contributed by atoms with Crippen molar-refractivity contribution in [2.24, 2.45) is 50.2 Å². The Morgan fingerprint density at radius 2 is 1.32 bits per heavy atom. The fourth-order valence-electron chi connectivity index (χ4n) is 15.2. The zero-order chi connectivity index (χ0) is 48.3. The van der Waals surface area contributed by atoms with Crippen LogP contribution in [0.5, 0.6) is 0 Å². The Hall–Kier alpha value is -1.39. The zero-order valence-corrected chi connectivity index (χ0v) is 40.3. The van der Waals surface area contributed by atoms with Crippen LogP contribution < -0.4 is 0 Å². The standard InChI is InChI=1S/C49H80O17/c1-23-30(52)32(54)34(56)41(61-23)64-37-36(58)38(40(59)60-9)65-43(39(37)66-42-35(57)33(55)31(53)26(21-50)62-42)63-29-13-14-46(6)27(45(29,4)5)12-15-48(8)28(46)11-10-24-25-20-44(2,3)16-18-49(25,22-51)19-17-47(24,48)7/h10,23,25-39,41-43,50-58H,11-22H2,1-9H3/t23-,25-,26+,27-,28+,29-,30-,31+,32+,33-,34+,35+,36-,37-,38-,39+,41-,42-,43?,46-,47+,48+,49+/m0/s1. The van der Waals surface area contributed by atoms with Gasteiger partial charge in [0.15, 0.2) is 25.0 Å². The minimum Gasteiger partial charge on any atom is -0.467 e. The van der Waals surface area contributed by atoms with Crippen molar-refractivity contribution in [2.45, 2.75) is 218 Å². The van der Waals surface area contributed by atoms with Crippen molar-refractivity contribution < 1.29 is 83.9 Å². The molecule has 1 unspecified atom stereocenters. The van der Waals surface area contributed by atoms with Gasteiger partial charge in [0.25, 0.3) is 0 Å². The van der Waals surface area contributed by atoms with Crippen LogP contribution >= 0.6 is 0 Å². The van der Waals surface area contributed by atoms with Gasteiger partial charge in [-0.1, -0.05) is 60.1 Å². The second-order valence-electron chi connectivity index (χ2n) is 23.7. The van der Waals surface area contributed by atoms with Crippen LogP contribution in [0.4, 0.5) is 0 Å². The van der Waals surface area contributed by atoms with Crippen molar-refractivity contribution in [3.05, 3.63) is 11.6 Å². The molecule has 7 fully saturated rings. The smallest absolute Gasteiger partial charge is 0.337 e. The normalized spacial score (nSPS) is 53.3. The lowest BCUT2D eigenvalue weighted by Crippen LogP contribution is -2.68. The van der Waals surface area contributed by atoms with E-state index in [1.807, 2.05) is 0 Å². The Balaban J connectivity index is 1.11. The van der Waals surface area contributed by atoms with E-state index in [4.69, 9.17) is 33.2 Å². The molecule has 8 rings (SSSR count). The molecule has 17 nitrogen and oxygen atoms in total. The van der Waals surface area contributed by atoms with Crippen LogP contribution in [-0.2, 0) is 38.0 Å². The second kappa shape index (κ2) is 18.0. The minimum atomic E-state index is -1.91. The first kappa shape index (κ1) is 51.0. The van der Waals surface area contributed by atoms with E-state index >= 15 is 0 Å². The van der Waals surface area contributed by atoms with Crippen LogP contribution in [0.3, 0.4) is 0 Å². The molecule has 23 atom stereocenters. The lowest BCUT2D eigenvalue weighted by atomic mass is 9.33. The van der Waals surface area contributed by atoms with E-state index in [1.54, 1.807) is 5.57 Å². The molecule has 0 amide bonds. The van der Waals surface area contributed by atoms with Crippen LogP contribution in [-0.4, -0.2) is 170 Å². The highest BCUT2D eigenvalue weighted by Gasteiger charge is 2.69. The van der Waals surface area contributed by atoms with Crippen LogP contribution in [0.15, 0.2) is 11.6 Å².